The van der Waals surface area contributed by atoms with Crippen molar-refractivity contribution in [1.82, 2.24) is 0 Å². The Morgan fingerprint density at radius 3 is 2.30 bits per heavy atom. The zero-order valence-corrected chi connectivity index (χ0v) is 26.0. The molecule has 0 saturated carbocycles. The molecule has 0 spiro atoms. The second kappa shape index (κ2) is 17.7. The molecule has 1 aromatic heterocycles. The lowest BCUT2D eigenvalue weighted by Crippen LogP contribution is -2.21. The van der Waals surface area contributed by atoms with Crippen LogP contribution >= 0.6 is 11.8 Å². The van der Waals surface area contributed by atoms with Crippen molar-refractivity contribution in [2.24, 2.45) is 0 Å². The minimum Gasteiger partial charge on any atom is -0.481 e. The summed E-state index contributed by atoms with van der Waals surface area (Å²) in [7, 11) is 0. The Kier molecular flexibility index (Phi) is 14.0. The molecule has 0 aliphatic rings. The Morgan fingerprint density at radius 2 is 1.63 bits per heavy atom. The molecule has 8 heteroatoms. The van der Waals surface area contributed by atoms with Crippen LogP contribution in [0.5, 0.6) is 0 Å². The van der Waals surface area contributed by atoms with E-state index in [9.17, 15) is 24.6 Å². The third kappa shape index (κ3) is 10.7. The summed E-state index contributed by atoms with van der Waals surface area (Å²) in [5, 5.41) is 29.6. The first kappa shape index (κ1) is 34.1. The van der Waals surface area contributed by atoms with Gasteiger partial charge in [0.2, 0.25) is 5.76 Å². The Labute approximate surface area is 258 Å². The summed E-state index contributed by atoms with van der Waals surface area (Å²) < 4.78 is 5.70. The first-order valence-corrected chi connectivity index (χ1v) is 16.3. The Bertz CT molecular complexity index is 1420. The molecule has 2 atom stereocenters. The second-order valence-electron chi connectivity index (χ2n) is 11.0. The third-order valence-electron chi connectivity index (χ3n) is 7.48. The number of carbonyl (C=O) groups is 2. The van der Waals surface area contributed by atoms with Crippen molar-refractivity contribution in [2.75, 3.05) is 0 Å². The molecule has 0 amide bonds. The van der Waals surface area contributed by atoms with Crippen molar-refractivity contribution in [3.05, 3.63) is 81.2 Å². The van der Waals surface area contributed by atoms with Gasteiger partial charge in [0, 0.05) is 22.9 Å². The molecule has 0 radical (unpaired) electrons. The fourth-order valence-electron chi connectivity index (χ4n) is 5.09. The number of aliphatic carboxylic acids is 1. The van der Waals surface area contributed by atoms with Gasteiger partial charge in [-0.05, 0) is 55.4 Å². The maximum Gasteiger partial charge on any atom is 0.371 e. The quantitative estimate of drug-likeness (QED) is 0.0920. The first-order valence-electron chi connectivity index (χ1n) is 15.4. The molecular weight excluding hydrogens is 564 g/mol. The molecule has 0 saturated heterocycles. The van der Waals surface area contributed by atoms with Gasteiger partial charge >= 0.3 is 11.9 Å². The summed E-state index contributed by atoms with van der Waals surface area (Å²) in [5.41, 5.74) is 2.85. The van der Waals surface area contributed by atoms with E-state index in [0.717, 1.165) is 34.9 Å². The highest BCUT2D eigenvalue weighted by molar-refractivity contribution is 8.00. The zero-order valence-electron chi connectivity index (χ0n) is 25.2. The van der Waals surface area contributed by atoms with Gasteiger partial charge in [0.15, 0.2) is 5.43 Å². The van der Waals surface area contributed by atoms with E-state index >= 15 is 0 Å². The minimum absolute atomic E-state index is 0.0294. The van der Waals surface area contributed by atoms with Crippen molar-refractivity contribution in [3.63, 3.8) is 0 Å². The molecule has 0 bridgehead atoms. The Morgan fingerprint density at radius 1 is 0.907 bits per heavy atom. The van der Waals surface area contributed by atoms with Crippen LogP contribution in [0, 0.1) is 0 Å². The number of fused-ring (bicyclic) bond motifs is 1. The van der Waals surface area contributed by atoms with Gasteiger partial charge in [0.25, 0.3) is 0 Å². The standard InChI is InChI=1S/C35H44O7S/c1-3-5-6-7-8-9-12-24-15-17-25(18-16-24)19-21-32(28(36)13-10-14-33(38)39)43-31-22-20-26-29(37)23-30(35(40)41)42-34(26)27(31)11-4-2/h15-23,28,32,36H,3-14H2,1-2H3,(H,38,39)(H,40,41)/t28-,32+/m0/s1. The Hall–Kier alpha value is -3.36. The first-order chi connectivity index (χ1) is 20.7. The molecule has 43 heavy (non-hydrogen) atoms. The highest BCUT2D eigenvalue weighted by Gasteiger charge is 2.22. The van der Waals surface area contributed by atoms with Gasteiger partial charge in [-0.15, -0.1) is 11.8 Å². The lowest BCUT2D eigenvalue weighted by molar-refractivity contribution is -0.137. The predicted octanol–water partition coefficient (Wildman–Crippen LogP) is 8.14. The average molecular weight is 609 g/mol. The van der Waals surface area contributed by atoms with Gasteiger partial charge in [0.1, 0.15) is 5.58 Å². The van der Waals surface area contributed by atoms with Crippen LogP contribution in [0.1, 0.15) is 105 Å². The van der Waals surface area contributed by atoms with Crippen LogP contribution in [-0.4, -0.2) is 38.6 Å². The number of hydrogen-bond acceptors (Lipinski definition) is 6. The van der Waals surface area contributed by atoms with Crippen LogP contribution in [0.25, 0.3) is 17.0 Å². The van der Waals surface area contributed by atoms with Crippen molar-refractivity contribution in [2.45, 2.75) is 107 Å². The summed E-state index contributed by atoms with van der Waals surface area (Å²) >= 11 is 1.40. The second-order valence-corrected chi connectivity index (χ2v) is 12.2. The van der Waals surface area contributed by atoms with Crippen LogP contribution in [0.2, 0.25) is 0 Å². The maximum absolute atomic E-state index is 12.6. The highest BCUT2D eigenvalue weighted by Crippen LogP contribution is 2.35. The van der Waals surface area contributed by atoms with Crippen LogP contribution in [0.15, 0.2) is 62.6 Å². The van der Waals surface area contributed by atoms with Crippen molar-refractivity contribution >= 4 is 40.7 Å². The SMILES string of the molecule is CCCCCCCCc1ccc(C=C[C@@H](Sc2ccc3c(=O)cc(C(=O)O)oc3c2CCC)[C@@H](O)CCCC(=O)O)cc1. The fraction of sp³-hybridized carbons (Fsp3) is 0.457. The topological polar surface area (TPSA) is 125 Å². The number of unbranched alkanes of at least 4 members (excludes halogenated alkanes) is 5. The summed E-state index contributed by atoms with van der Waals surface area (Å²) in [6, 6.07) is 12.9. The van der Waals surface area contributed by atoms with E-state index in [4.69, 9.17) is 9.52 Å². The van der Waals surface area contributed by atoms with Gasteiger partial charge < -0.3 is 19.7 Å². The predicted molar refractivity (Wildman–Crippen MR) is 173 cm³/mol. The molecule has 3 rings (SSSR count). The molecule has 3 N–H and O–H groups in total. The van der Waals surface area contributed by atoms with Gasteiger partial charge in [0.05, 0.1) is 16.7 Å². The molecule has 3 aromatic rings. The molecule has 0 aliphatic carbocycles. The number of thioether (sulfide) groups is 1. The normalized spacial score (nSPS) is 13.0. The van der Waals surface area contributed by atoms with Crippen LogP contribution in [0.3, 0.4) is 0 Å². The molecular formula is C35H44O7S. The van der Waals surface area contributed by atoms with Gasteiger partial charge in [-0.1, -0.05) is 88.8 Å². The van der Waals surface area contributed by atoms with Crippen molar-refractivity contribution < 1.29 is 29.3 Å². The molecule has 2 aromatic carbocycles. The molecule has 0 aliphatic heterocycles. The summed E-state index contributed by atoms with van der Waals surface area (Å²) in [6.45, 7) is 4.21. The molecule has 7 nitrogen and oxygen atoms in total. The van der Waals surface area contributed by atoms with Gasteiger partial charge in [-0.3, -0.25) is 9.59 Å². The lowest BCUT2D eigenvalue weighted by atomic mass is 10.0. The van der Waals surface area contributed by atoms with E-state index in [2.05, 4.69) is 31.2 Å². The van der Waals surface area contributed by atoms with Crippen molar-refractivity contribution in [1.29, 1.82) is 0 Å². The summed E-state index contributed by atoms with van der Waals surface area (Å²) in [4.78, 5) is 36.1. The highest BCUT2D eigenvalue weighted by atomic mass is 32.2. The van der Waals surface area contributed by atoms with E-state index in [-0.39, 0.29) is 12.0 Å². The lowest BCUT2D eigenvalue weighted by Gasteiger charge is -2.21. The van der Waals surface area contributed by atoms with E-state index in [1.807, 2.05) is 25.1 Å². The van der Waals surface area contributed by atoms with E-state index in [0.29, 0.717) is 24.6 Å². The van der Waals surface area contributed by atoms with E-state index in [1.54, 1.807) is 6.07 Å². The number of rotatable bonds is 19. The number of carboxylic acids is 2. The Balaban J connectivity index is 1.84. The number of aromatic carboxylic acids is 1. The van der Waals surface area contributed by atoms with Crippen LogP contribution < -0.4 is 5.43 Å². The minimum atomic E-state index is -1.31. The number of aliphatic hydroxyl groups is 1. The van der Waals surface area contributed by atoms with Crippen LogP contribution in [0.4, 0.5) is 0 Å². The number of hydrogen-bond donors (Lipinski definition) is 3. The number of carboxylic acid groups (broad SMARTS) is 2. The summed E-state index contributed by atoms with van der Waals surface area (Å²) in [6.07, 6.45) is 13.6. The average Bonchev–Trinajstić information content (AvgIpc) is 2.98. The van der Waals surface area contributed by atoms with Crippen molar-refractivity contribution in [3.8, 4) is 0 Å². The van der Waals surface area contributed by atoms with Gasteiger partial charge in [-0.25, -0.2) is 4.79 Å². The fourth-order valence-corrected chi connectivity index (χ4v) is 6.32. The maximum atomic E-state index is 12.6. The molecule has 0 unspecified atom stereocenters. The monoisotopic (exact) mass is 608 g/mol. The third-order valence-corrected chi connectivity index (χ3v) is 8.86. The molecule has 232 valence electrons. The number of aliphatic hydroxyl groups excluding tert-OH is 1. The van der Waals surface area contributed by atoms with Gasteiger partial charge in [-0.2, -0.15) is 0 Å². The molecule has 0 fully saturated rings. The van der Waals surface area contributed by atoms with E-state index in [1.165, 1.54) is 55.9 Å². The van der Waals surface area contributed by atoms with Crippen LogP contribution in [-0.2, 0) is 17.6 Å². The number of aryl methyl sites for hydroxylation is 2. The van der Waals surface area contributed by atoms with E-state index < -0.39 is 34.5 Å². The number of benzene rings is 2. The summed E-state index contributed by atoms with van der Waals surface area (Å²) in [5.74, 6) is -2.63. The smallest absolute Gasteiger partial charge is 0.371 e. The zero-order chi connectivity index (χ0) is 31.2. The largest absolute Gasteiger partial charge is 0.481 e. The molecule has 1 heterocycles.